The Labute approximate surface area is 216 Å². The number of carbonyl (C=O) groups is 1. The first-order chi connectivity index (χ1) is 17.5. The van der Waals surface area contributed by atoms with Crippen molar-refractivity contribution in [1.82, 2.24) is 5.43 Å². The zero-order chi connectivity index (χ0) is 25.3. The molecule has 0 spiro atoms. The third-order valence-corrected chi connectivity index (χ3v) is 6.03. The minimum absolute atomic E-state index is 0.0366. The van der Waals surface area contributed by atoms with E-state index in [9.17, 15) is 14.9 Å². The summed E-state index contributed by atoms with van der Waals surface area (Å²) < 4.78 is 6.53. The van der Waals surface area contributed by atoms with E-state index < -0.39 is 10.8 Å². The highest BCUT2D eigenvalue weighted by molar-refractivity contribution is 9.10. The molecule has 4 aromatic carbocycles. The molecule has 8 heteroatoms. The monoisotopic (exact) mass is 543 g/mol. The highest BCUT2D eigenvalue weighted by Gasteiger charge is 2.22. The number of hydrogen-bond donors (Lipinski definition) is 1. The number of hydrazone groups is 1. The van der Waals surface area contributed by atoms with Crippen LogP contribution in [0.5, 0.6) is 5.75 Å². The van der Waals surface area contributed by atoms with Gasteiger partial charge in [0.2, 0.25) is 0 Å². The van der Waals surface area contributed by atoms with E-state index in [0.717, 1.165) is 22.3 Å². The first-order valence-electron chi connectivity index (χ1n) is 11.1. The zero-order valence-electron chi connectivity index (χ0n) is 19.1. The molecule has 180 valence electrons. The number of nitro benzene ring substituents is 1. The van der Waals surface area contributed by atoms with Crippen molar-refractivity contribution in [2.24, 2.45) is 5.10 Å². The standard InChI is InChI=1S/C28H22BrN3O4/c29-25-17-21(13-16-26(25)36-19-20-11-14-24(15-12-20)32(34)35)18-30-31-28(33)27(22-7-3-1-4-8-22)23-9-5-2-6-10-23/h1-18,27H,19H2,(H,31,33)/b30-18+. The van der Waals surface area contributed by atoms with Crippen LogP contribution in [0.3, 0.4) is 0 Å². The van der Waals surface area contributed by atoms with Gasteiger partial charge in [0.05, 0.1) is 21.5 Å². The molecule has 1 N–H and O–H groups in total. The third kappa shape index (κ3) is 6.43. The van der Waals surface area contributed by atoms with Crippen LogP contribution in [-0.2, 0) is 11.4 Å². The van der Waals surface area contributed by atoms with Crippen LogP contribution in [-0.4, -0.2) is 17.0 Å². The molecule has 4 aromatic rings. The molecule has 0 aliphatic heterocycles. The number of non-ortho nitro benzene ring substituents is 1. The number of rotatable bonds is 9. The Morgan fingerprint density at radius 1 is 0.944 bits per heavy atom. The topological polar surface area (TPSA) is 93.8 Å². The van der Waals surface area contributed by atoms with Crippen LogP contribution >= 0.6 is 15.9 Å². The fraction of sp³-hybridized carbons (Fsp3) is 0.0714. The second-order valence-electron chi connectivity index (χ2n) is 7.89. The number of carbonyl (C=O) groups excluding carboxylic acids is 1. The molecule has 0 fully saturated rings. The van der Waals surface area contributed by atoms with Crippen LogP contribution in [0, 0.1) is 10.1 Å². The van der Waals surface area contributed by atoms with Gasteiger partial charge in [0.1, 0.15) is 12.4 Å². The smallest absolute Gasteiger partial charge is 0.269 e. The Hall–Kier alpha value is -4.30. The van der Waals surface area contributed by atoms with Crippen molar-refractivity contribution in [1.29, 1.82) is 0 Å². The maximum Gasteiger partial charge on any atom is 0.269 e. The van der Waals surface area contributed by atoms with Gasteiger partial charge in [-0.25, -0.2) is 5.43 Å². The molecular formula is C28H22BrN3O4. The van der Waals surface area contributed by atoms with E-state index in [0.29, 0.717) is 10.2 Å². The first kappa shape index (κ1) is 24.8. The molecule has 0 saturated heterocycles. The molecule has 0 saturated carbocycles. The average molecular weight is 544 g/mol. The van der Waals surface area contributed by atoms with Gasteiger partial charge in [-0.15, -0.1) is 0 Å². The molecule has 0 radical (unpaired) electrons. The van der Waals surface area contributed by atoms with E-state index in [2.05, 4.69) is 26.5 Å². The third-order valence-electron chi connectivity index (χ3n) is 5.41. The summed E-state index contributed by atoms with van der Waals surface area (Å²) in [5.74, 6) is -0.0972. The van der Waals surface area contributed by atoms with Gasteiger partial charge in [0.25, 0.3) is 11.6 Å². The van der Waals surface area contributed by atoms with Gasteiger partial charge in [0.15, 0.2) is 0 Å². The Balaban J connectivity index is 1.39. The van der Waals surface area contributed by atoms with Gasteiger partial charge in [-0.2, -0.15) is 5.10 Å². The van der Waals surface area contributed by atoms with Crippen molar-refractivity contribution < 1.29 is 14.5 Å². The normalized spacial score (nSPS) is 10.9. The molecule has 36 heavy (non-hydrogen) atoms. The number of hydrogen-bond acceptors (Lipinski definition) is 5. The van der Waals surface area contributed by atoms with Gasteiger partial charge >= 0.3 is 0 Å². The second kappa shape index (κ2) is 11.9. The highest BCUT2D eigenvalue weighted by atomic mass is 79.9. The Bertz CT molecular complexity index is 1320. The van der Waals surface area contributed by atoms with Gasteiger partial charge in [-0.1, -0.05) is 60.7 Å². The lowest BCUT2D eigenvalue weighted by Gasteiger charge is -2.16. The Morgan fingerprint density at radius 3 is 2.11 bits per heavy atom. The van der Waals surface area contributed by atoms with Crippen molar-refractivity contribution in [2.45, 2.75) is 12.5 Å². The van der Waals surface area contributed by atoms with Crippen LogP contribution in [0.1, 0.15) is 28.2 Å². The van der Waals surface area contributed by atoms with Crippen molar-refractivity contribution >= 4 is 33.7 Å². The Kier molecular flexibility index (Phi) is 8.20. The predicted molar refractivity (Wildman–Crippen MR) is 142 cm³/mol. The summed E-state index contributed by atoms with van der Waals surface area (Å²) in [6.45, 7) is 0.264. The SMILES string of the molecule is O=C(N/N=C/c1ccc(OCc2ccc([N+](=O)[O-])cc2)c(Br)c1)C(c1ccccc1)c1ccccc1. The molecule has 7 nitrogen and oxygen atoms in total. The largest absolute Gasteiger partial charge is 0.488 e. The summed E-state index contributed by atoms with van der Waals surface area (Å²) in [4.78, 5) is 23.4. The van der Waals surface area contributed by atoms with Crippen molar-refractivity contribution in [3.05, 3.63) is 140 Å². The lowest BCUT2D eigenvalue weighted by Crippen LogP contribution is -2.26. The maximum absolute atomic E-state index is 13.0. The van der Waals surface area contributed by atoms with E-state index >= 15 is 0 Å². The molecule has 4 rings (SSSR count). The summed E-state index contributed by atoms with van der Waals surface area (Å²) in [6.07, 6.45) is 1.57. The van der Waals surface area contributed by atoms with Crippen LogP contribution in [0.2, 0.25) is 0 Å². The van der Waals surface area contributed by atoms with E-state index in [1.165, 1.54) is 12.1 Å². The quantitative estimate of drug-likeness (QED) is 0.154. The van der Waals surface area contributed by atoms with E-state index in [-0.39, 0.29) is 18.2 Å². The molecule has 0 heterocycles. The van der Waals surface area contributed by atoms with Crippen LogP contribution in [0.15, 0.2) is 113 Å². The summed E-state index contributed by atoms with van der Waals surface area (Å²) in [6, 6.07) is 30.8. The minimum Gasteiger partial charge on any atom is -0.488 e. The summed E-state index contributed by atoms with van der Waals surface area (Å²) in [5, 5.41) is 14.9. The average Bonchev–Trinajstić information content (AvgIpc) is 2.90. The number of nitrogens with zero attached hydrogens (tertiary/aromatic N) is 2. The van der Waals surface area contributed by atoms with Gasteiger partial charge in [-0.05, 0) is 68.5 Å². The minimum atomic E-state index is -0.480. The van der Waals surface area contributed by atoms with Gasteiger partial charge in [-0.3, -0.25) is 14.9 Å². The maximum atomic E-state index is 13.0. The highest BCUT2D eigenvalue weighted by Crippen LogP contribution is 2.27. The fourth-order valence-corrected chi connectivity index (χ4v) is 4.12. The van der Waals surface area contributed by atoms with E-state index in [1.807, 2.05) is 72.8 Å². The first-order valence-corrected chi connectivity index (χ1v) is 11.9. The zero-order valence-corrected chi connectivity index (χ0v) is 20.7. The molecule has 0 aliphatic carbocycles. The van der Waals surface area contributed by atoms with Gasteiger partial charge < -0.3 is 4.74 Å². The molecule has 0 atom stereocenters. The number of halogens is 1. The number of benzene rings is 4. The van der Waals surface area contributed by atoms with Crippen molar-refractivity contribution in [3.63, 3.8) is 0 Å². The van der Waals surface area contributed by atoms with Crippen LogP contribution < -0.4 is 10.2 Å². The van der Waals surface area contributed by atoms with E-state index in [4.69, 9.17) is 4.74 Å². The van der Waals surface area contributed by atoms with Crippen molar-refractivity contribution in [2.75, 3.05) is 0 Å². The summed E-state index contributed by atoms with van der Waals surface area (Å²) in [5.41, 5.74) is 6.04. The summed E-state index contributed by atoms with van der Waals surface area (Å²) >= 11 is 3.49. The predicted octanol–water partition coefficient (Wildman–Crippen LogP) is 6.22. The molecule has 0 bridgehead atoms. The molecule has 0 aromatic heterocycles. The second-order valence-corrected chi connectivity index (χ2v) is 8.75. The van der Waals surface area contributed by atoms with Crippen LogP contribution in [0.4, 0.5) is 5.69 Å². The number of ether oxygens (including phenoxy) is 1. The lowest BCUT2D eigenvalue weighted by molar-refractivity contribution is -0.384. The molecule has 1 amide bonds. The van der Waals surface area contributed by atoms with Gasteiger partial charge in [0, 0.05) is 12.1 Å². The number of amides is 1. The van der Waals surface area contributed by atoms with E-state index in [1.54, 1.807) is 24.4 Å². The van der Waals surface area contributed by atoms with Crippen LogP contribution in [0.25, 0.3) is 0 Å². The molecule has 0 aliphatic rings. The lowest BCUT2D eigenvalue weighted by atomic mass is 9.91. The number of nitrogens with one attached hydrogen (secondary N) is 1. The Morgan fingerprint density at radius 2 is 1.56 bits per heavy atom. The van der Waals surface area contributed by atoms with Crippen molar-refractivity contribution in [3.8, 4) is 5.75 Å². The fourth-order valence-electron chi connectivity index (χ4n) is 3.61. The molecule has 0 unspecified atom stereocenters. The summed E-state index contributed by atoms with van der Waals surface area (Å²) in [7, 11) is 0. The molecular weight excluding hydrogens is 522 g/mol. The number of nitro groups is 1.